The van der Waals surface area contributed by atoms with Gasteiger partial charge in [0.15, 0.2) is 5.11 Å². The summed E-state index contributed by atoms with van der Waals surface area (Å²) in [5, 5.41) is 16.9. The molecule has 116 valence electrons. The average Bonchev–Trinajstić information content (AvgIpc) is 2.51. The summed E-state index contributed by atoms with van der Waals surface area (Å²) in [6.45, 7) is 4.93. The van der Waals surface area contributed by atoms with Crippen molar-refractivity contribution in [1.82, 2.24) is 10.6 Å². The predicted octanol–water partition coefficient (Wildman–Crippen LogP) is 3.08. The summed E-state index contributed by atoms with van der Waals surface area (Å²) in [6.07, 6.45) is 0. The SMILES string of the molecule is CC(C)(O)c1ccc(CNC(=S)NCc2ccccc2)cc1. The van der Waals surface area contributed by atoms with Gasteiger partial charge in [0.2, 0.25) is 0 Å². The van der Waals surface area contributed by atoms with Crippen LogP contribution in [0, 0.1) is 0 Å². The molecule has 0 aliphatic heterocycles. The van der Waals surface area contributed by atoms with Crippen molar-refractivity contribution >= 4 is 17.3 Å². The third-order valence-electron chi connectivity index (χ3n) is 3.41. The third kappa shape index (κ3) is 5.13. The van der Waals surface area contributed by atoms with E-state index in [0.29, 0.717) is 18.2 Å². The van der Waals surface area contributed by atoms with Crippen LogP contribution in [0.15, 0.2) is 54.6 Å². The van der Waals surface area contributed by atoms with Gasteiger partial charge in [0.1, 0.15) is 0 Å². The lowest BCUT2D eigenvalue weighted by Gasteiger charge is -2.18. The Bertz CT molecular complexity index is 603. The molecule has 0 amide bonds. The maximum Gasteiger partial charge on any atom is 0.166 e. The lowest BCUT2D eigenvalue weighted by molar-refractivity contribution is 0.0786. The summed E-state index contributed by atoms with van der Waals surface area (Å²) in [7, 11) is 0. The van der Waals surface area contributed by atoms with Crippen LogP contribution in [0.3, 0.4) is 0 Å². The highest BCUT2D eigenvalue weighted by atomic mass is 32.1. The zero-order valence-electron chi connectivity index (χ0n) is 13.0. The second-order valence-corrected chi connectivity index (χ2v) is 6.19. The Balaban J connectivity index is 1.79. The molecule has 2 rings (SSSR count). The highest BCUT2D eigenvalue weighted by Crippen LogP contribution is 2.19. The second-order valence-electron chi connectivity index (χ2n) is 5.78. The zero-order chi connectivity index (χ0) is 16.0. The van der Waals surface area contributed by atoms with E-state index in [1.807, 2.05) is 42.5 Å². The molecule has 0 bridgehead atoms. The maximum atomic E-state index is 9.93. The summed E-state index contributed by atoms with van der Waals surface area (Å²) < 4.78 is 0. The normalized spacial score (nSPS) is 11.0. The van der Waals surface area contributed by atoms with Gasteiger partial charge >= 0.3 is 0 Å². The Morgan fingerprint density at radius 3 is 1.91 bits per heavy atom. The molecule has 0 radical (unpaired) electrons. The van der Waals surface area contributed by atoms with Crippen molar-refractivity contribution in [2.75, 3.05) is 0 Å². The molecule has 4 heteroatoms. The van der Waals surface area contributed by atoms with Crippen LogP contribution in [0.1, 0.15) is 30.5 Å². The molecule has 2 aromatic rings. The maximum absolute atomic E-state index is 9.93. The standard InChI is InChI=1S/C18H22N2OS/c1-18(2,21)16-10-8-15(9-11-16)13-20-17(22)19-12-14-6-4-3-5-7-14/h3-11,21H,12-13H2,1-2H3,(H2,19,20,22). The zero-order valence-corrected chi connectivity index (χ0v) is 13.8. The molecule has 0 atom stereocenters. The minimum atomic E-state index is -0.807. The lowest BCUT2D eigenvalue weighted by atomic mass is 9.97. The van der Waals surface area contributed by atoms with Crippen LogP contribution < -0.4 is 10.6 Å². The predicted molar refractivity (Wildman–Crippen MR) is 94.4 cm³/mol. The molecule has 3 nitrogen and oxygen atoms in total. The summed E-state index contributed by atoms with van der Waals surface area (Å²) in [5.41, 5.74) is 2.41. The first-order valence-corrected chi connectivity index (χ1v) is 7.73. The van der Waals surface area contributed by atoms with Gasteiger partial charge in [-0.2, -0.15) is 0 Å². The Kier molecular flexibility index (Phi) is 5.52. The van der Waals surface area contributed by atoms with Crippen LogP contribution in [-0.2, 0) is 18.7 Å². The van der Waals surface area contributed by atoms with Crippen LogP contribution in [-0.4, -0.2) is 10.2 Å². The van der Waals surface area contributed by atoms with Gasteiger partial charge in [-0.25, -0.2) is 0 Å². The largest absolute Gasteiger partial charge is 0.386 e. The van der Waals surface area contributed by atoms with E-state index >= 15 is 0 Å². The van der Waals surface area contributed by atoms with Crippen LogP contribution in [0.25, 0.3) is 0 Å². The van der Waals surface area contributed by atoms with Crippen molar-refractivity contribution in [2.45, 2.75) is 32.5 Å². The number of aliphatic hydroxyl groups is 1. The van der Waals surface area contributed by atoms with E-state index in [1.54, 1.807) is 13.8 Å². The molecular formula is C18H22N2OS. The first-order valence-electron chi connectivity index (χ1n) is 7.32. The van der Waals surface area contributed by atoms with Crippen molar-refractivity contribution in [3.8, 4) is 0 Å². The van der Waals surface area contributed by atoms with Gasteiger partial charge in [-0.15, -0.1) is 0 Å². The third-order valence-corrected chi connectivity index (χ3v) is 3.70. The number of hydrogen-bond donors (Lipinski definition) is 3. The van der Waals surface area contributed by atoms with Crippen molar-refractivity contribution in [3.05, 3.63) is 71.3 Å². The van der Waals surface area contributed by atoms with Crippen LogP contribution in [0.4, 0.5) is 0 Å². The molecule has 22 heavy (non-hydrogen) atoms. The van der Waals surface area contributed by atoms with Crippen molar-refractivity contribution in [3.63, 3.8) is 0 Å². The van der Waals surface area contributed by atoms with Gasteiger partial charge in [0.05, 0.1) is 5.60 Å². The molecule has 0 aliphatic carbocycles. The summed E-state index contributed by atoms with van der Waals surface area (Å²) in [5.74, 6) is 0. The fraction of sp³-hybridized carbons (Fsp3) is 0.278. The van der Waals surface area contributed by atoms with Crippen LogP contribution in [0.2, 0.25) is 0 Å². The molecule has 0 aliphatic rings. The number of rotatable bonds is 5. The minimum Gasteiger partial charge on any atom is -0.386 e. The average molecular weight is 314 g/mol. The minimum absolute atomic E-state index is 0.635. The molecular weight excluding hydrogens is 292 g/mol. The molecule has 0 saturated carbocycles. The summed E-state index contributed by atoms with van der Waals surface area (Å²) in [4.78, 5) is 0. The fourth-order valence-electron chi connectivity index (χ4n) is 2.05. The number of thiocarbonyl (C=S) groups is 1. The smallest absolute Gasteiger partial charge is 0.166 e. The topological polar surface area (TPSA) is 44.3 Å². The lowest BCUT2D eigenvalue weighted by Crippen LogP contribution is -2.34. The molecule has 0 saturated heterocycles. The van der Waals surface area contributed by atoms with E-state index in [-0.39, 0.29) is 0 Å². The van der Waals surface area contributed by atoms with E-state index in [0.717, 1.165) is 11.1 Å². The Morgan fingerprint density at radius 1 is 0.909 bits per heavy atom. The van der Waals surface area contributed by atoms with E-state index in [1.165, 1.54) is 5.56 Å². The fourth-order valence-corrected chi connectivity index (χ4v) is 2.20. The van der Waals surface area contributed by atoms with Crippen LogP contribution >= 0.6 is 12.2 Å². The van der Waals surface area contributed by atoms with Gasteiger partial charge < -0.3 is 15.7 Å². The molecule has 0 unspecified atom stereocenters. The Morgan fingerprint density at radius 2 is 1.41 bits per heavy atom. The van der Waals surface area contributed by atoms with Gasteiger partial charge in [-0.3, -0.25) is 0 Å². The number of nitrogens with one attached hydrogen (secondary N) is 2. The molecule has 3 N–H and O–H groups in total. The van der Waals surface area contributed by atoms with Gasteiger partial charge in [0.25, 0.3) is 0 Å². The van der Waals surface area contributed by atoms with Crippen LogP contribution in [0.5, 0.6) is 0 Å². The molecule has 0 spiro atoms. The first kappa shape index (κ1) is 16.5. The first-order chi connectivity index (χ1) is 10.4. The highest BCUT2D eigenvalue weighted by Gasteiger charge is 2.14. The highest BCUT2D eigenvalue weighted by molar-refractivity contribution is 7.80. The molecule has 0 aromatic heterocycles. The van der Waals surface area contributed by atoms with E-state index < -0.39 is 5.60 Å². The molecule has 0 fully saturated rings. The molecule has 2 aromatic carbocycles. The molecule has 0 heterocycles. The van der Waals surface area contributed by atoms with E-state index in [2.05, 4.69) is 22.8 Å². The quantitative estimate of drug-likeness (QED) is 0.742. The van der Waals surface area contributed by atoms with Gasteiger partial charge in [0, 0.05) is 13.1 Å². The summed E-state index contributed by atoms with van der Waals surface area (Å²) >= 11 is 5.28. The van der Waals surface area contributed by atoms with E-state index in [9.17, 15) is 5.11 Å². The van der Waals surface area contributed by atoms with Gasteiger partial charge in [-0.05, 0) is 42.8 Å². The van der Waals surface area contributed by atoms with E-state index in [4.69, 9.17) is 12.2 Å². The van der Waals surface area contributed by atoms with Crippen molar-refractivity contribution in [1.29, 1.82) is 0 Å². The second kappa shape index (κ2) is 7.38. The van der Waals surface area contributed by atoms with Crippen molar-refractivity contribution < 1.29 is 5.11 Å². The monoisotopic (exact) mass is 314 g/mol. The van der Waals surface area contributed by atoms with Crippen molar-refractivity contribution in [2.24, 2.45) is 0 Å². The number of benzene rings is 2. The number of hydrogen-bond acceptors (Lipinski definition) is 2. The summed E-state index contributed by atoms with van der Waals surface area (Å²) in [6, 6.07) is 18.0. The van der Waals surface area contributed by atoms with Gasteiger partial charge in [-0.1, -0.05) is 54.6 Å². The Labute approximate surface area is 137 Å². The Hall–Kier alpha value is -1.91.